The Morgan fingerprint density at radius 3 is 2.59 bits per heavy atom. The molecule has 3 heterocycles. The Labute approximate surface area is 287 Å². The summed E-state index contributed by atoms with van der Waals surface area (Å²) in [5.74, 6) is -3.22. The molecule has 0 radical (unpaired) electrons. The predicted octanol–water partition coefficient (Wildman–Crippen LogP) is 3.57. The number of cyclic esters (lactones) is 1. The van der Waals surface area contributed by atoms with Crippen molar-refractivity contribution in [1.82, 2.24) is 19.9 Å². The van der Waals surface area contributed by atoms with Crippen LogP contribution in [0.4, 0.5) is 0 Å². The first kappa shape index (κ1) is 34.8. The van der Waals surface area contributed by atoms with Gasteiger partial charge in [0.25, 0.3) is 5.91 Å². The summed E-state index contributed by atoms with van der Waals surface area (Å²) in [5.41, 5.74) is -1.06. The largest absolute Gasteiger partial charge is 0.472 e. The topological polar surface area (TPSA) is 161 Å². The van der Waals surface area contributed by atoms with Gasteiger partial charge in [0.05, 0.1) is 30.7 Å². The second-order valence-electron chi connectivity index (χ2n) is 15.0. The van der Waals surface area contributed by atoms with Crippen molar-refractivity contribution >= 4 is 44.5 Å². The lowest BCUT2D eigenvalue weighted by Gasteiger charge is -2.35. The zero-order valence-corrected chi connectivity index (χ0v) is 29.2. The molecule has 2 N–H and O–H groups in total. The first-order valence-corrected chi connectivity index (χ1v) is 18.8. The summed E-state index contributed by atoms with van der Waals surface area (Å²) in [4.78, 5) is 61.0. The van der Waals surface area contributed by atoms with E-state index in [1.165, 1.54) is 11.0 Å². The van der Waals surface area contributed by atoms with Gasteiger partial charge in [-0.15, -0.1) is 6.58 Å². The lowest BCUT2D eigenvalue weighted by Crippen LogP contribution is -2.57. The van der Waals surface area contributed by atoms with E-state index < -0.39 is 73.9 Å². The number of ether oxygens (including phenoxy) is 2. The number of aromatic nitrogens is 1. The van der Waals surface area contributed by atoms with Crippen LogP contribution in [-0.4, -0.2) is 78.1 Å². The van der Waals surface area contributed by atoms with Gasteiger partial charge in [0.15, 0.2) is 0 Å². The molecule has 264 valence electrons. The molecule has 2 saturated carbocycles. The lowest BCUT2D eigenvalue weighted by molar-refractivity contribution is -0.153. The van der Waals surface area contributed by atoms with Gasteiger partial charge in [-0.05, 0) is 73.4 Å². The molecule has 49 heavy (non-hydrogen) atoms. The third-order valence-electron chi connectivity index (χ3n) is 10.3. The van der Waals surface area contributed by atoms with E-state index in [2.05, 4.69) is 33.7 Å². The van der Waals surface area contributed by atoms with E-state index in [0.717, 1.165) is 35.6 Å². The number of hydrogen-bond acceptors (Lipinski definition) is 9. The van der Waals surface area contributed by atoms with Crippen LogP contribution in [0.1, 0.15) is 77.7 Å². The van der Waals surface area contributed by atoms with Crippen molar-refractivity contribution in [3.05, 3.63) is 48.7 Å². The Morgan fingerprint density at radius 2 is 1.90 bits per heavy atom. The lowest BCUT2D eigenvalue weighted by atomic mass is 9.77. The second-order valence-corrected chi connectivity index (χ2v) is 17.0. The van der Waals surface area contributed by atoms with E-state index >= 15 is 0 Å². The smallest absolute Gasteiger partial charge is 0.306 e. The molecule has 5 atom stereocenters. The van der Waals surface area contributed by atoms with Crippen LogP contribution in [0.3, 0.4) is 0 Å². The maximum Gasteiger partial charge on any atom is 0.306 e. The van der Waals surface area contributed by atoms with Gasteiger partial charge in [0.1, 0.15) is 17.7 Å². The highest BCUT2D eigenvalue weighted by Gasteiger charge is 2.62. The molecule has 2 aliphatic carbocycles. The number of esters is 1. The van der Waals surface area contributed by atoms with Gasteiger partial charge >= 0.3 is 5.97 Å². The molecule has 12 nitrogen and oxygen atoms in total. The maximum atomic E-state index is 14.4. The SMILES string of the molecule is C=C[C@H]1C[C@]1(NC(=O)[C@@H]1C[C@@H]2CN1C(=O)[C@H](C(C)(C)C)CC(=O)OCCCCCc1ccc3ccnc(c3c1)O2)C(=O)NS(=O)(=O)C1CC1. The average Bonchev–Trinajstić information content (AvgIpc) is 3.97. The van der Waals surface area contributed by atoms with E-state index in [9.17, 15) is 27.6 Å². The zero-order valence-electron chi connectivity index (χ0n) is 28.4. The van der Waals surface area contributed by atoms with Crippen LogP contribution >= 0.6 is 0 Å². The van der Waals surface area contributed by atoms with Gasteiger partial charge in [-0.2, -0.15) is 0 Å². The van der Waals surface area contributed by atoms with Crippen LogP contribution in [0, 0.1) is 17.3 Å². The Kier molecular flexibility index (Phi) is 9.51. The summed E-state index contributed by atoms with van der Waals surface area (Å²) in [6.45, 7) is 9.66. The quantitative estimate of drug-likeness (QED) is 0.340. The summed E-state index contributed by atoms with van der Waals surface area (Å²) in [6, 6.07) is 6.98. The fourth-order valence-corrected chi connectivity index (χ4v) is 8.34. The van der Waals surface area contributed by atoms with Gasteiger partial charge < -0.3 is 19.7 Å². The van der Waals surface area contributed by atoms with E-state index in [1.54, 1.807) is 6.20 Å². The fourth-order valence-electron chi connectivity index (χ4n) is 6.97. The number of nitrogens with zero attached hydrogens (tertiary/aromatic N) is 2. The van der Waals surface area contributed by atoms with Crippen molar-refractivity contribution in [1.29, 1.82) is 0 Å². The molecule has 2 aromatic rings. The van der Waals surface area contributed by atoms with Crippen LogP contribution < -0.4 is 14.8 Å². The number of amides is 3. The number of nitrogens with one attached hydrogen (secondary N) is 2. The number of carbonyl (C=O) groups excluding carboxylic acids is 4. The number of hydrogen-bond donors (Lipinski definition) is 2. The average molecular weight is 695 g/mol. The predicted molar refractivity (Wildman–Crippen MR) is 182 cm³/mol. The number of carbonyl (C=O) groups is 4. The van der Waals surface area contributed by atoms with Crippen molar-refractivity contribution in [2.75, 3.05) is 13.2 Å². The Hall–Kier alpha value is -4.00. The number of pyridine rings is 1. The summed E-state index contributed by atoms with van der Waals surface area (Å²) >= 11 is 0. The molecule has 4 bridgehead atoms. The molecular formula is C36H46N4O8S. The first-order chi connectivity index (χ1) is 23.2. The molecule has 3 fully saturated rings. The van der Waals surface area contributed by atoms with Gasteiger partial charge in [-0.1, -0.05) is 39.0 Å². The Morgan fingerprint density at radius 1 is 1.12 bits per heavy atom. The molecule has 1 aromatic carbocycles. The number of rotatable bonds is 6. The molecule has 4 aliphatic rings. The highest BCUT2D eigenvalue weighted by molar-refractivity contribution is 7.91. The molecule has 0 spiro atoms. The number of sulfonamides is 1. The number of fused-ring (bicyclic) bond motifs is 3. The molecule has 1 aromatic heterocycles. The third-order valence-corrected chi connectivity index (χ3v) is 12.1. The van der Waals surface area contributed by atoms with Gasteiger partial charge in [-0.25, -0.2) is 13.4 Å². The minimum atomic E-state index is -3.87. The minimum Gasteiger partial charge on any atom is -0.472 e. The monoisotopic (exact) mass is 694 g/mol. The van der Waals surface area contributed by atoms with Crippen LogP contribution in [0.15, 0.2) is 43.1 Å². The minimum absolute atomic E-state index is 0.0381. The Balaban J connectivity index is 1.32. The van der Waals surface area contributed by atoms with Crippen molar-refractivity contribution in [2.45, 2.75) is 101 Å². The summed E-state index contributed by atoms with van der Waals surface area (Å²) in [7, 11) is -3.87. The molecule has 1 saturated heterocycles. The molecular weight excluding hydrogens is 648 g/mol. The van der Waals surface area contributed by atoms with Crippen LogP contribution in [0.2, 0.25) is 0 Å². The van der Waals surface area contributed by atoms with Gasteiger partial charge in [0.2, 0.25) is 27.7 Å². The van der Waals surface area contributed by atoms with Crippen molar-refractivity contribution in [2.24, 2.45) is 17.3 Å². The van der Waals surface area contributed by atoms with Crippen molar-refractivity contribution in [3.63, 3.8) is 0 Å². The molecule has 3 amide bonds. The van der Waals surface area contributed by atoms with Crippen LogP contribution in [0.25, 0.3) is 10.8 Å². The number of aryl methyl sites for hydroxylation is 1. The highest BCUT2D eigenvalue weighted by atomic mass is 32.2. The first-order valence-electron chi connectivity index (χ1n) is 17.2. The number of benzene rings is 1. The van der Waals surface area contributed by atoms with Crippen LogP contribution in [-0.2, 0) is 40.4 Å². The van der Waals surface area contributed by atoms with Gasteiger partial charge in [-0.3, -0.25) is 23.9 Å². The molecule has 2 aliphatic heterocycles. The van der Waals surface area contributed by atoms with Crippen LogP contribution in [0.5, 0.6) is 5.88 Å². The van der Waals surface area contributed by atoms with E-state index in [-0.39, 0.29) is 32.4 Å². The van der Waals surface area contributed by atoms with Crippen molar-refractivity contribution in [3.8, 4) is 5.88 Å². The molecule has 13 heteroatoms. The zero-order chi connectivity index (χ0) is 35.1. The summed E-state index contributed by atoms with van der Waals surface area (Å²) in [6.07, 6.45) is 6.91. The van der Waals surface area contributed by atoms with Gasteiger partial charge in [0, 0.05) is 23.9 Å². The molecule has 6 rings (SSSR count). The Bertz CT molecular complexity index is 1770. The maximum absolute atomic E-state index is 14.4. The summed E-state index contributed by atoms with van der Waals surface area (Å²) < 4.78 is 39.5. The normalized spacial score (nSPS) is 28.2. The third kappa shape index (κ3) is 7.46. The molecule has 0 unspecified atom stereocenters. The summed E-state index contributed by atoms with van der Waals surface area (Å²) in [5, 5.41) is 3.97. The standard InChI is InChI=1S/C36H46N4O8S/c1-5-24-20-36(24,34(44)39-49(45,46)26-12-13-26)38-31(42)29-18-25-21-40(29)33(43)28(35(2,3)4)19-30(41)47-16-8-6-7-9-22-10-11-23-14-15-37-32(48-25)27(23)17-22/h5,10-11,14-15,17,24-26,28-29H,1,6-9,12-13,16,18-21H2,2-4H3,(H,38,42)(H,39,44)/t24-,25+,28+,29-,36+/m0/s1. The fraction of sp³-hybridized carbons (Fsp3) is 0.583. The second kappa shape index (κ2) is 13.4. The van der Waals surface area contributed by atoms with Crippen molar-refractivity contribution < 1.29 is 37.1 Å². The highest BCUT2D eigenvalue weighted by Crippen LogP contribution is 2.46. The van der Waals surface area contributed by atoms with E-state index in [4.69, 9.17) is 9.47 Å². The van der Waals surface area contributed by atoms with E-state index in [1.807, 2.05) is 32.9 Å². The van der Waals surface area contributed by atoms with E-state index in [0.29, 0.717) is 25.1 Å².